The van der Waals surface area contributed by atoms with Gasteiger partial charge < -0.3 is 20.1 Å². The van der Waals surface area contributed by atoms with E-state index >= 15 is 0 Å². The van der Waals surface area contributed by atoms with Gasteiger partial charge in [0.15, 0.2) is 0 Å². The molecule has 2 atom stereocenters. The summed E-state index contributed by atoms with van der Waals surface area (Å²) in [6, 6.07) is 4.27. The molecule has 0 aliphatic carbocycles. The van der Waals surface area contributed by atoms with Crippen LogP contribution >= 0.6 is 0 Å². The van der Waals surface area contributed by atoms with Crippen LogP contribution < -0.4 is 5.32 Å². The Labute approximate surface area is 149 Å². The van der Waals surface area contributed by atoms with Gasteiger partial charge in [-0.1, -0.05) is 12.1 Å². The monoisotopic (exact) mass is 347 g/mol. The summed E-state index contributed by atoms with van der Waals surface area (Å²) in [4.78, 5) is 16.7. The summed E-state index contributed by atoms with van der Waals surface area (Å²) in [5.41, 5.74) is 2.89. The molecule has 2 N–H and O–H groups in total. The highest BCUT2D eigenvalue weighted by molar-refractivity contribution is 5.74. The Morgan fingerprint density at radius 3 is 2.76 bits per heavy atom. The number of hydrogen-bond donors (Lipinski definition) is 2. The number of likely N-dealkylation sites (tertiary alicyclic amines) is 1. The van der Waals surface area contributed by atoms with Gasteiger partial charge in [0.05, 0.1) is 18.8 Å². The van der Waals surface area contributed by atoms with Crippen LogP contribution in [0.3, 0.4) is 0 Å². The maximum absolute atomic E-state index is 12.5. The first-order valence-corrected chi connectivity index (χ1v) is 9.09. The van der Waals surface area contributed by atoms with Crippen LogP contribution in [-0.2, 0) is 11.2 Å². The summed E-state index contributed by atoms with van der Waals surface area (Å²) in [7, 11) is 2.11. The van der Waals surface area contributed by atoms with E-state index in [0.717, 1.165) is 55.8 Å². The topological polar surface area (TPSA) is 65.0 Å². The standard InChI is InChI=1S/C19H29N3O3/c1-13-10-15(11-14(2)18(13)23)4-6-20-19(24)22-7-5-17-16(12-22)21(3)8-9-25-17/h10-11,16-17,23H,4-9,12H2,1-3H3,(H,20,24)/t16-,17-/m1/s1. The molecule has 3 rings (SSSR count). The van der Waals surface area contributed by atoms with Crippen LogP contribution in [-0.4, -0.2) is 72.9 Å². The number of likely N-dealkylation sites (N-methyl/N-ethyl adjacent to an activating group) is 1. The average Bonchev–Trinajstić information content (AvgIpc) is 2.59. The fourth-order valence-corrected chi connectivity index (χ4v) is 3.84. The summed E-state index contributed by atoms with van der Waals surface area (Å²) < 4.78 is 5.83. The van der Waals surface area contributed by atoms with Crippen molar-refractivity contribution in [2.24, 2.45) is 0 Å². The van der Waals surface area contributed by atoms with Gasteiger partial charge in [-0.05, 0) is 50.4 Å². The van der Waals surface area contributed by atoms with Gasteiger partial charge in [-0.3, -0.25) is 4.90 Å². The fourth-order valence-electron chi connectivity index (χ4n) is 3.84. The third-order valence-electron chi connectivity index (χ3n) is 5.39. The number of carbonyl (C=O) groups excluding carboxylic acids is 1. The average molecular weight is 347 g/mol. The number of nitrogens with zero attached hydrogens (tertiary/aromatic N) is 2. The Morgan fingerprint density at radius 1 is 1.32 bits per heavy atom. The Hall–Kier alpha value is -1.79. The number of phenolic OH excluding ortho intramolecular Hbond substituents is 1. The normalized spacial score (nSPS) is 24.0. The summed E-state index contributed by atoms with van der Waals surface area (Å²) in [5, 5.41) is 12.9. The second-order valence-corrected chi connectivity index (χ2v) is 7.25. The lowest BCUT2D eigenvalue weighted by Crippen LogP contribution is -2.60. The second kappa shape index (κ2) is 7.62. The fraction of sp³-hybridized carbons (Fsp3) is 0.632. The number of ether oxygens (including phenoxy) is 1. The Balaban J connectivity index is 1.49. The van der Waals surface area contributed by atoms with Gasteiger partial charge in [0.1, 0.15) is 5.75 Å². The minimum absolute atomic E-state index is 0.00430. The number of aromatic hydroxyl groups is 1. The maximum Gasteiger partial charge on any atom is 0.317 e. The zero-order chi connectivity index (χ0) is 18.0. The van der Waals surface area contributed by atoms with Crippen molar-refractivity contribution in [2.45, 2.75) is 38.8 Å². The van der Waals surface area contributed by atoms with Crippen LogP contribution in [0.4, 0.5) is 4.79 Å². The van der Waals surface area contributed by atoms with Crippen molar-refractivity contribution in [3.8, 4) is 5.75 Å². The van der Waals surface area contributed by atoms with Crippen LogP contribution in [0.1, 0.15) is 23.1 Å². The number of piperidine rings is 1. The molecule has 0 aromatic heterocycles. The number of phenols is 1. The quantitative estimate of drug-likeness (QED) is 0.873. The number of rotatable bonds is 3. The zero-order valence-corrected chi connectivity index (χ0v) is 15.4. The van der Waals surface area contributed by atoms with Gasteiger partial charge in [-0.15, -0.1) is 0 Å². The molecule has 0 bridgehead atoms. The van der Waals surface area contributed by atoms with Crippen molar-refractivity contribution in [3.05, 3.63) is 28.8 Å². The molecule has 2 amide bonds. The van der Waals surface area contributed by atoms with Crippen LogP contribution in [0.2, 0.25) is 0 Å². The van der Waals surface area contributed by atoms with Gasteiger partial charge in [0.25, 0.3) is 0 Å². The lowest BCUT2D eigenvalue weighted by atomic mass is 9.99. The SMILES string of the molecule is Cc1cc(CCNC(=O)N2CC[C@H]3OCCN(C)[C@@H]3C2)cc(C)c1O. The first kappa shape index (κ1) is 18.0. The minimum atomic E-state index is 0.00430. The number of benzene rings is 1. The zero-order valence-electron chi connectivity index (χ0n) is 15.4. The van der Waals surface area contributed by atoms with E-state index in [-0.39, 0.29) is 12.1 Å². The van der Waals surface area contributed by atoms with E-state index in [1.165, 1.54) is 0 Å². The number of nitrogens with one attached hydrogen (secondary N) is 1. The summed E-state index contributed by atoms with van der Waals surface area (Å²) in [6.45, 7) is 7.59. The molecule has 2 saturated heterocycles. The molecule has 0 unspecified atom stereocenters. The number of aryl methyl sites for hydroxylation is 2. The van der Waals surface area contributed by atoms with Crippen molar-refractivity contribution in [3.63, 3.8) is 0 Å². The molecule has 0 spiro atoms. The Kier molecular flexibility index (Phi) is 5.49. The van der Waals surface area contributed by atoms with E-state index in [1.807, 2.05) is 30.9 Å². The summed E-state index contributed by atoms with van der Waals surface area (Å²) in [6.07, 6.45) is 1.92. The second-order valence-electron chi connectivity index (χ2n) is 7.25. The molecule has 1 aromatic carbocycles. The van der Waals surface area contributed by atoms with Gasteiger partial charge in [0, 0.05) is 26.2 Å². The highest BCUT2D eigenvalue weighted by Gasteiger charge is 2.36. The molecule has 6 heteroatoms. The lowest BCUT2D eigenvalue weighted by molar-refractivity contribution is -0.0881. The van der Waals surface area contributed by atoms with Crippen LogP contribution in [0, 0.1) is 13.8 Å². The number of fused-ring (bicyclic) bond motifs is 1. The number of hydrogen-bond acceptors (Lipinski definition) is 4. The molecular weight excluding hydrogens is 318 g/mol. The van der Waals surface area contributed by atoms with E-state index in [1.54, 1.807) is 0 Å². The minimum Gasteiger partial charge on any atom is -0.507 e. The number of carbonyl (C=O) groups is 1. The predicted molar refractivity (Wildman–Crippen MR) is 97.0 cm³/mol. The maximum atomic E-state index is 12.5. The van der Waals surface area contributed by atoms with E-state index in [2.05, 4.69) is 17.3 Å². The molecule has 2 heterocycles. The number of morpholine rings is 1. The van der Waals surface area contributed by atoms with Crippen molar-refractivity contribution < 1.29 is 14.6 Å². The highest BCUT2D eigenvalue weighted by Crippen LogP contribution is 2.23. The van der Waals surface area contributed by atoms with Crippen molar-refractivity contribution in [1.82, 2.24) is 15.1 Å². The van der Waals surface area contributed by atoms with Gasteiger partial charge >= 0.3 is 6.03 Å². The number of amides is 2. The van der Waals surface area contributed by atoms with E-state index in [9.17, 15) is 9.90 Å². The van der Waals surface area contributed by atoms with Crippen LogP contribution in [0.5, 0.6) is 5.75 Å². The Bertz CT molecular complexity index is 611. The molecule has 0 radical (unpaired) electrons. The van der Waals surface area contributed by atoms with Crippen molar-refractivity contribution in [1.29, 1.82) is 0 Å². The molecule has 25 heavy (non-hydrogen) atoms. The highest BCUT2D eigenvalue weighted by atomic mass is 16.5. The molecule has 0 saturated carbocycles. The van der Waals surface area contributed by atoms with E-state index in [0.29, 0.717) is 18.3 Å². The number of urea groups is 1. The predicted octanol–water partition coefficient (Wildman–Crippen LogP) is 1.67. The van der Waals surface area contributed by atoms with Crippen molar-refractivity contribution >= 4 is 6.03 Å². The molecule has 2 fully saturated rings. The van der Waals surface area contributed by atoms with Crippen LogP contribution in [0.25, 0.3) is 0 Å². The Morgan fingerprint density at radius 2 is 2.04 bits per heavy atom. The molecule has 2 aliphatic heterocycles. The first-order chi connectivity index (χ1) is 12.0. The van der Waals surface area contributed by atoms with E-state index < -0.39 is 0 Å². The third-order valence-corrected chi connectivity index (χ3v) is 5.39. The van der Waals surface area contributed by atoms with Gasteiger partial charge in [-0.2, -0.15) is 0 Å². The first-order valence-electron chi connectivity index (χ1n) is 9.09. The molecule has 2 aliphatic rings. The molecule has 6 nitrogen and oxygen atoms in total. The van der Waals surface area contributed by atoms with Crippen molar-refractivity contribution in [2.75, 3.05) is 39.8 Å². The molecule has 1 aromatic rings. The van der Waals surface area contributed by atoms with E-state index in [4.69, 9.17) is 4.74 Å². The van der Waals surface area contributed by atoms with Gasteiger partial charge in [0.2, 0.25) is 0 Å². The molecule has 138 valence electrons. The molecular formula is C19H29N3O3. The van der Waals surface area contributed by atoms with Crippen LogP contribution in [0.15, 0.2) is 12.1 Å². The van der Waals surface area contributed by atoms with Gasteiger partial charge in [-0.25, -0.2) is 4.79 Å². The lowest BCUT2D eigenvalue weighted by Gasteiger charge is -2.45. The summed E-state index contributed by atoms with van der Waals surface area (Å²) in [5.74, 6) is 0.356. The largest absolute Gasteiger partial charge is 0.507 e. The third kappa shape index (κ3) is 4.07. The summed E-state index contributed by atoms with van der Waals surface area (Å²) >= 11 is 0. The smallest absolute Gasteiger partial charge is 0.317 e.